The van der Waals surface area contributed by atoms with Gasteiger partial charge in [-0.3, -0.25) is 0 Å². The van der Waals surface area contributed by atoms with E-state index in [1.807, 2.05) is 13.2 Å². The van der Waals surface area contributed by atoms with Crippen molar-refractivity contribution in [3.05, 3.63) is 17.5 Å². The van der Waals surface area contributed by atoms with Crippen LogP contribution in [0.25, 0.3) is 0 Å². The second kappa shape index (κ2) is 8.20. The fourth-order valence-electron chi connectivity index (χ4n) is 2.50. The maximum absolute atomic E-state index is 4.74. The average molecular weight is 278 g/mol. The standard InChI is InChI=1S/C16H30N4/c1-7-15(8-2)20(11-12(3)4)16-18-10-14(9-17-6)13(5)19-16/h10,12,15,17H,7-9,11H2,1-6H3. The molecule has 0 unspecified atom stereocenters. The van der Waals surface area contributed by atoms with Gasteiger partial charge in [0.2, 0.25) is 5.95 Å². The van der Waals surface area contributed by atoms with Crippen LogP contribution in [0, 0.1) is 12.8 Å². The van der Waals surface area contributed by atoms with Crippen LogP contribution < -0.4 is 10.2 Å². The Kier molecular flexibility index (Phi) is 6.93. The van der Waals surface area contributed by atoms with E-state index in [4.69, 9.17) is 4.98 Å². The summed E-state index contributed by atoms with van der Waals surface area (Å²) in [5.41, 5.74) is 2.24. The zero-order valence-corrected chi connectivity index (χ0v) is 13.9. The first-order valence-corrected chi connectivity index (χ1v) is 7.77. The second-order valence-corrected chi connectivity index (χ2v) is 5.83. The molecule has 0 bridgehead atoms. The summed E-state index contributed by atoms with van der Waals surface area (Å²) in [5.74, 6) is 1.49. The molecule has 0 saturated carbocycles. The number of anilines is 1. The Hall–Kier alpha value is -1.16. The van der Waals surface area contributed by atoms with Crippen molar-refractivity contribution in [3.8, 4) is 0 Å². The molecule has 4 heteroatoms. The lowest BCUT2D eigenvalue weighted by Gasteiger charge is -2.32. The van der Waals surface area contributed by atoms with Crippen LogP contribution >= 0.6 is 0 Å². The quantitative estimate of drug-likeness (QED) is 0.793. The van der Waals surface area contributed by atoms with Gasteiger partial charge in [0.05, 0.1) is 0 Å². The number of rotatable bonds is 8. The van der Waals surface area contributed by atoms with Gasteiger partial charge >= 0.3 is 0 Å². The molecule has 1 rings (SSSR count). The van der Waals surface area contributed by atoms with Crippen LogP contribution in [0.4, 0.5) is 5.95 Å². The number of nitrogens with one attached hydrogen (secondary N) is 1. The number of hydrogen-bond acceptors (Lipinski definition) is 4. The van der Waals surface area contributed by atoms with Crippen LogP contribution in [0.15, 0.2) is 6.20 Å². The maximum Gasteiger partial charge on any atom is 0.225 e. The van der Waals surface area contributed by atoms with E-state index < -0.39 is 0 Å². The molecule has 114 valence electrons. The van der Waals surface area contributed by atoms with E-state index in [2.05, 4.69) is 49.8 Å². The second-order valence-electron chi connectivity index (χ2n) is 5.83. The summed E-state index contributed by atoms with van der Waals surface area (Å²) in [5, 5.41) is 3.16. The summed E-state index contributed by atoms with van der Waals surface area (Å²) in [4.78, 5) is 11.7. The van der Waals surface area contributed by atoms with E-state index in [0.717, 1.165) is 37.6 Å². The Morgan fingerprint density at radius 3 is 2.35 bits per heavy atom. The molecule has 0 radical (unpaired) electrons. The average Bonchev–Trinajstić information content (AvgIpc) is 2.41. The molecule has 0 aliphatic heterocycles. The smallest absolute Gasteiger partial charge is 0.225 e. The van der Waals surface area contributed by atoms with Crippen molar-refractivity contribution in [2.45, 2.75) is 60.0 Å². The van der Waals surface area contributed by atoms with E-state index in [9.17, 15) is 0 Å². The van der Waals surface area contributed by atoms with Crippen LogP contribution in [0.5, 0.6) is 0 Å². The molecule has 0 fully saturated rings. The largest absolute Gasteiger partial charge is 0.338 e. The number of aryl methyl sites for hydroxylation is 1. The Bertz CT molecular complexity index is 399. The fourth-order valence-corrected chi connectivity index (χ4v) is 2.50. The van der Waals surface area contributed by atoms with Gasteiger partial charge in [0.1, 0.15) is 0 Å². The minimum absolute atomic E-state index is 0.520. The first-order valence-electron chi connectivity index (χ1n) is 7.77. The predicted octanol–water partition coefficient (Wildman–Crippen LogP) is 3.16. The van der Waals surface area contributed by atoms with Gasteiger partial charge in [-0.25, -0.2) is 9.97 Å². The van der Waals surface area contributed by atoms with E-state index in [0.29, 0.717) is 12.0 Å². The number of nitrogens with zero attached hydrogens (tertiary/aromatic N) is 3. The monoisotopic (exact) mass is 278 g/mol. The molecular weight excluding hydrogens is 248 g/mol. The highest BCUT2D eigenvalue weighted by atomic mass is 15.3. The maximum atomic E-state index is 4.74. The third-order valence-corrected chi connectivity index (χ3v) is 3.64. The highest BCUT2D eigenvalue weighted by Gasteiger charge is 2.19. The van der Waals surface area contributed by atoms with Gasteiger partial charge in [0, 0.05) is 36.6 Å². The van der Waals surface area contributed by atoms with Crippen molar-refractivity contribution in [1.82, 2.24) is 15.3 Å². The summed E-state index contributed by atoms with van der Waals surface area (Å²) in [6, 6.07) is 0.520. The first-order chi connectivity index (χ1) is 9.53. The van der Waals surface area contributed by atoms with Gasteiger partial charge in [-0.1, -0.05) is 27.7 Å². The van der Waals surface area contributed by atoms with Gasteiger partial charge in [-0.05, 0) is 32.7 Å². The van der Waals surface area contributed by atoms with Gasteiger partial charge in [-0.15, -0.1) is 0 Å². The normalized spacial score (nSPS) is 11.4. The highest BCUT2D eigenvalue weighted by Crippen LogP contribution is 2.19. The Morgan fingerprint density at radius 1 is 1.25 bits per heavy atom. The van der Waals surface area contributed by atoms with Crippen LogP contribution in [0.2, 0.25) is 0 Å². The summed E-state index contributed by atoms with van der Waals surface area (Å²) in [6.45, 7) is 12.9. The number of aromatic nitrogens is 2. The molecule has 1 N–H and O–H groups in total. The van der Waals surface area contributed by atoms with Gasteiger partial charge in [0.25, 0.3) is 0 Å². The molecule has 1 heterocycles. The van der Waals surface area contributed by atoms with Gasteiger partial charge < -0.3 is 10.2 Å². The third kappa shape index (κ3) is 4.44. The summed E-state index contributed by atoms with van der Waals surface area (Å²) in [6.07, 6.45) is 4.22. The lowest BCUT2D eigenvalue weighted by molar-refractivity contribution is 0.498. The molecule has 20 heavy (non-hydrogen) atoms. The summed E-state index contributed by atoms with van der Waals surface area (Å²) < 4.78 is 0. The molecule has 1 aromatic heterocycles. The molecule has 0 spiro atoms. The molecule has 0 aliphatic carbocycles. The zero-order valence-electron chi connectivity index (χ0n) is 13.9. The minimum Gasteiger partial charge on any atom is -0.338 e. The SMILES string of the molecule is CCC(CC)N(CC(C)C)c1ncc(CNC)c(C)n1. The van der Waals surface area contributed by atoms with Crippen LogP contribution in [-0.2, 0) is 6.54 Å². The van der Waals surface area contributed by atoms with Crippen molar-refractivity contribution in [3.63, 3.8) is 0 Å². The zero-order chi connectivity index (χ0) is 15.1. The van der Waals surface area contributed by atoms with E-state index >= 15 is 0 Å². The molecule has 1 aromatic rings. The Labute approximate surface area is 124 Å². The van der Waals surface area contributed by atoms with Crippen molar-refractivity contribution >= 4 is 5.95 Å². The van der Waals surface area contributed by atoms with Crippen molar-refractivity contribution in [2.75, 3.05) is 18.5 Å². The van der Waals surface area contributed by atoms with E-state index in [-0.39, 0.29) is 0 Å². The molecular formula is C16H30N4. The molecule has 0 aliphatic rings. The minimum atomic E-state index is 0.520. The molecule has 0 amide bonds. The molecule has 0 atom stereocenters. The number of hydrogen-bond donors (Lipinski definition) is 1. The third-order valence-electron chi connectivity index (χ3n) is 3.64. The highest BCUT2D eigenvalue weighted by molar-refractivity contribution is 5.34. The van der Waals surface area contributed by atoms with Crippen molar-refractivity contribution in [2.24, 2.45) is 5.92 Å². The Morgan fingerprint density at radius 2 is 1.90 bits per heavy atom. The summed E-state index contributed by atoms with van der Waals surface area (Å²) in [7, 11) is 1.95. The first kappa shape index (κ1) is 16.9. The predicted molar refractivity (Wildman–Crippen MR) is 86.1 cm³/mol. The topological polar surface area (TPSA) is 41.1 Å². The Balaban J connectivity index is 3.03. The fraction of sp³-hybridized carbons (Fsp3) is 0.750. The molecule has 4 nitrogen and oxygen atoms in total. The molecule has 0 aromatic carbocycles. The van der Waals surface area contributed by atoms with Crippen LogP contribution in [-0.4, -0.2) is 29.6 Å². The van der Waals surface area contributed by atoms with Crippen molar-refractivity contribution in [1.29, 1.82) is 0 Å². The lowest BCUT2D eigenvalue weighted by atomic mass is 10.1. The van der Waals surface area contributed by atoms with E-state index in [1.54, 1.807) is 0 Å². The van der Waals surface area contributed by atoms with Crippen LogP contribution in [0.3, 0.4) is 0 Å². The lowest BCUT2D eigenvalue weighted by Crippen LogP contribution is -2.38. The molecule has 0 saturated heterocycles. The van der Waals surface area contributed by atoms with Gasteiger partial charge in [0.15, 0.2) is 0 Å². The van der Waals surface area contributed by atoms with E-state index in [1.165, 1.54) is 5.56 Å². The van der Waals surface area contributed by atoms with Gasteiger partial charge in [-0.2, -0.15) is 0 Å². The van der Waals surface area contributed by atoms with Crippen LogP contribution in [0.1, 0.15) is 51.8 Å². The van der Waals surface area contributed by atoms with Crippen molar-refractivity contribution < 1.29 is 0 Å². The summed E-state index contributed by atoms with van der Waals surface area (Å²) >= 11 is 0.